The molecule has 0 heterocycles. The van der Waals surface area contributed by atoms with E-state index in [9.17, 15) is 4.79 Å². The van der Waals surface area contributed by atoms with Gasteiger partial charge in [0.2, 0.25) is 5.91 Å². The van der Waals surface area contributed by atoms with Crippen molar-refractivity contribution in [3.63, 3.8) is 0 Å². The van der Waals surface area contributed by atoms with Crippen LogP contribution in [0.3, 0.4) is 0 Å². The molecule has 0 saturated heterocycles. The third kappa shape index (κ3) is 19.7. The van der Waals surface area contributed by atoms with Crippen molar-refractivity contribution < 1.29 is 9.90 Å². The lowest BCUT2D eigenvalue weighted by molar-refractivity contribution is -0.125. The van der Waals surface area contributed by atoms with E-state index in [4.69, 9.17) is 5.11 Å². The van der Waals surface area contributed by atoms with Crippen molar-refractivity contribution in [1.29, 1.82) is 0 Å². The molecule has 0 fully saturated rings. The summed E-state index contributed by atoms with van der Waals surface area (Å²) in [5.41, 5.74) is 0. The van der Waals surface area contributed by atoms with Crippen molar-refractivity contribution in [3.8, 4) is 0 Å². The maximum atomic E-state index is 12.2. The highest BCUT2D eigenvalue weighted by molar-refractivity contribution is 5.78. The molecule has 0 rings (SSSR count). The summed E-state index contributed by atoms with van der Waals surface area (Å²) in [4.78, 5) is 12.2. The van der Waals surface area contributed by atoms with E-state index in [-0.39, 0.29) is 18.4 Å². The van der Waals surface area contributed by atoms with Crippen LogP contribution >= 0.6 is 0 Å². The maximum Gasteiger partial charge on any atom is 0.223 e. The summed E-state index contributed by atoms with van der Waals surface area (Å²) < 4.78 is 0. The molecule has 0 aromatic rings. The van der Waals surface area contributed by atoms with E-state index in [0.29, 0.717) is 6.54 Å². The predicted molar refractivity (Wildman–Crippen MR) is 132 cm³/mol. The quantitative estimate of drug-likeness (QED) is 0.165. The van der Waals surface area contributed by atoms with Crippen LogP contribution in [0, 0.1) is 5.92 Å². The van der Waals surface area contributed by atoms with Gasteiger partial charge in [-0.1, -0.05) is 94.6 Å². The van der Waals surface area contributed by atoms with Gasteiger partial charge in [-0.2, -0.15) is 0 Å². The number of allylic oxidation sites excluding steroid dienone is 8. The van der Waals surface area contributed by atoms with Crippen LogP contribution in [-0.4, -0.2) is 24.2 Å². The second-order valence-electron chi connectivity index (χ2n) is 7.87. The van der Waals surface area contributed by atoms with Crippen molar-refractivity contribution >= 4 is 5.91 Å². The lowest BCUT2D eigenvalue weighted by Crippen LogP contribution is -2.32. The second kappa shape index (κ2) is 23.7. The molecule has 3 heteroatoms. The van der Waals surface area contributed by atoms with E-state index in [1.165, 1.54) is 38.5 Å². The van der Waals surface area contributed by atoms with Crippen molar-refractivity contribution in [3.05, 3.63) is 48.6 Å². The van der Waals surface area contributed by atoms with E-state index < -0.39 is 0 Å². The molecular formula is C27H47NO2. The Bertz CT molecular complexity index is 491. The van der Waals surface area contributed by atoms with Crippen LogP contribution in [0.1, 0.15) is 97.3 Å². The predicted octanol–water partition coefficient (Wildman–Crippen LogP) is 7.05. The number of aliphatic hydroxyl groups excluding tert-OH is 1. The Morgan fingerprint density at radius 3 is 1.83 bits per heavy atom. The summed E-state index contributed by atoms with van der Waals surface area (Å²) in [5, 5.41) is 11.7. The summed E-state index contributed by atoms with van der Waals surface area (Å²) in [6.07, 6.45) is 32.1. The third-order valence-electron chi connectivity index (χ3n) is 5.08. The molecule has 0 bridgehead atoms. The fourth-order valence-electron chi connectivity index (χ4n) is 3.23. The van der Waals surface area contributed by atoms with Crippen molar-refractivity contribution in [2.75, 3.05) is 13.2 Å². The van der Waals surface area contributed by atoms with E-state index in [1.54, 1.807) is 0 Å². The number of hydrogen-bond donors (Lipinski definition) is 2. The highest BCUT2D eigenvalue weighted by Crippen LogP contribution is 2.16. The number of aliphatic hydroxyl groups is 1. The minimum absolute atomic E-state index is 0.00456. The molecule has 0 aromatic carbocycles. The van der Waals surface area contributed by atoms with Gasteiger partial charge in [-0.3, -0.25) is 4.79 Å². The summed E-state index contributed by atoms with van der Waals surface area (Å²) >= 11 is 0. The molecule has 0 saturated carbocycles. The number of rotatable bonds is 20. The number of amides is 1. The average Bonchev–Trinajstić information content (AvgIpc) is 2.76. The molecule has 172 valence electrons. The first-order valence-electron chi connectivity index (χ1n) is 12.2. The number of nitrogens with one attached hydrogen (secondary N) is 1. The fraction of sp³-hybridized carbons (Fsp3) is 0.667. The Balaban J connectivity index is 3.91. The Kier molecular flexibility index (Phi) is 22.4. The van der Waals surface area contributed by atoms with Gasteiger partial charge in [0.25, 0.3) is 0 Å². The lowest BCUT2D eigenvalue weighted by Gasteiger charge is -2.15. The van der Waals surface area contributed by atoms with Crippen LogP contribution in [0.15, 0.2) is 48.6 Å². The van der Waals surface area contributed by atoms with Crippen LogP contribution < -0.4 is 5.32 Å². The van der Waals surface area contributed by atoms with Crippen molar-refractivity contribution in [2.24, 2.45) is 5.92 Å². The van der Waals surface area contributed by atoms with E-state index >= 15 is 0 Å². The van der Waals surface area contributed by atoms with Crippen LogP contribution in [-0.2, 0) is 4.79 Å². The van der Waals surface area contributed by atoms with Gasteiger partial charge in [-0.15, -0.1) is 0 Å². The third-order valence-corrected chi connectivity index (χ3v) is 5.08. The molecule has 1 atom stereocenters. The van der Waals surface area contributed by atoms with Gasteiger partial charge in [0, 0.05) is 12.5 Å². The first-order valence-corrected chi connectivity index (χ1v) is 12.2. The molecule has 2 N–H and O–H groups in total. The topological polar surface area (TPSA) is 49.3 Å². The number of carbonyl (C=O) groups is 1. The van der Waals surface area contributed by atoms with Crippen LogP contribution in [0.2, 0.25) is 0 Å². The normalized spacial score (nSPS) is 13.3. The van der Waals surface area contributed by atoms with Crippen LogP contribution in [0.4, 0.5) is 0 Å². The molecule has 30 heavy (non-hydrogen) atoms. The summed E-state index contributed by atoms with van der Waals surface area (Å²) in [6.45, 7) is 4.78. The first-order chi connectivity index (χ1) is 14.8. The van der Waals surface area contributed by atoms with Gasteiger partial charge in [0.1, 0.15) is 0 Å². The molecule has 0 aromatic heterocycles. The van der Waals surface area contributed by atoms with Gasteiger partial charge in [0.05, 0.1) is 6.61 Å². The molecule has 0 aliphatic carbocycles. The summed E-state index contributed by atoms with van der Waals surface area (Å²) in [5.74, 6) is 0.158. The van der Waals surface area contributed by atoms with Gasteiger partial charge in [-0.25, -0.2) is 0 Å². The number of carbonyl (C=O) groups excluding carboxylic acids is 1. The minimum atomic E-state index is 0.00456. The number of hydrogen-bond acceptors (Lipinski definition) is 2. The molecule has 1 amide bonds. The van der Waals surface area contributed by atoms with Crippen LogP contribution in [0.25, 0.3) is 0 Å². The van der Waals surface area contributed by atoms with Gasteiger partial charge in [-0.05, 0) is 51.4 Å². The highest BCUT2D eigenvalue weighted by Gasteiger charge is 2.16. The van der Waals surface area contributed by atoms with E-state index in [0.717, 1.165) is 44.9 Å². The average molecular weight is 418 g/mol. The fourth-order valence-corrected chi connectivity index (χ4v) is 3.23. The second-order valence-corrected chi connectivity index (χ2v) is 7.87. The molecule has 0 aliphatic rings. The summed E-state index contributed by atoms with van der Waals surface area (Å²) in [7, 11) is 0. The van der Waals surface area contributed by atoms with Crippen molar-refractivity contribution in [1.82, 2.24) is 5.32 Å². The number of unbranched alkanes of at least 4 members (excludes halogenated alkanes) is 5. The molecule has 3 nitrogen and oxygen atoms in total. The van der Waals surface area contributed by atoms with E-state index in [2.05, 4.69) is 67.8 Å². The zero-order valence-electron chi connectivity index (χ0n) is 19.7. The Morgan fingerprint density at radius 1 is 0.733 bits per heavy atom. The monoisotopic (exact) mass is 417 g/mol. The van der Waals surface area contributed by atoms with Crippen LogP contribution in [0.5, 0.6) is 0 Å². The van der Waals surface area contributed by atoms with Gasteiger partial charge >= 0.3 is 0 Å². The van der Waals surface area contributed by atoms with Crippen molar-refractivity contribution in [2.45, 2.75) is 97.3 Å². The standard InChI is InChI=1S/C27H47NO2/c1-3-5-7-8-9-10-11-12-13-14-15-16-17-18-19-21-23-26(22-20-6-4-2)27(30)28-24-25-29/h9-10,12-13,15-16,18-19,26,29H,3-8,11,14,17,20-25H2,1-2H3,(H,28,30). The SMILES string of the molecule is CCCCCC=CCC=CCC=CCC=CCCC(CCCCC)C(=O)NCCO. The summed E-state index contributed by atoms with van der Waals surface area (Å²) in [6, 6.07) is 0. The smallest absolute Gasteiger partial charge is 0.223 e. The largest absolute Gasteiger partial charge is 0.395 e. The molecular weight excluding hydrogens is 370 g/mol. The lowest BCUT2D eigenvalue weighted by atomic mass is 9.95. The molecule has 0 aliphatic heterocycles. The Hall–Kier alpha value is -1.61. The zero-order valence-corrected chi connectivity index (χ0v) is 19.7. The maximum absolute atomic E-state index is 12.2. The van der Waals surface area contributed by atoms with Gasteiger partial charge in [0.15, 0.2) is 0 Å². The Labute approximate surface area is 186 Å². The first kappa shape index (κ1) is 28.4. The highest BCUT2D eigenvalue weighted by atomic mass is 16.3. The molecule has 0 radical (unpaired) electrons. The minimum Gasteiger partial charge on any atom is -0.395 e. The van der Waals surface area contributed by atoms with Gasteiger partial charge < -0.3 is 10.4 Å². The zero-order chi connectivity index (χ0) is 22.1. The van der Waals surface area contributed by atoms with E-state index in [1.807, 2.05) is 0 Å². The molecule has 0 spiro atoms. The Morgan fingerprint density at radius 2 is 1.27 bits per heavy atom. The molecule has 1 unspecified atom stereocenters.